The van der Waals surface area contributed by atoms with E-state index in [9.17, 15) is 0 Å². The second-order valence-electron chi connectivity index (χ2n) is 5.61. The highest BCUT2D eigenvalue weighted by atomic mass is 32.2. The summed E-state index contributed by atoms with van der Waals surface area (Å²) in [7, 11) is 0. The maximum absolute atomic E-state index is 2.30. The van der Waals surface area contributed by atoms with E-state index in [0.29, 0.717) is 0 Å². The fourth-order valence-corrected chi connectivity index (χ4v) is 6.20. The molecule has 2 heterocycles. The van der Waals surface area contributed by atoms with E-state index in [1.807, 2.05) is 0 Å². The maximum Gasteiger partial charge on any atom is 0.0220 e. The van der Waals surface area contributed by atoms with Gasteiger partial charge in [0.05, 0.1) is 0 Å². The van der Waals surface area contributed by atoms with E-state index < -0.39 is 0 Å². The number of thioether (sulfide) groups is 2. The topological polar surface area (TPSA) is 0 Å². The summed E-state index contributed by atoms with van der Waals surface area (Å²) in [6.45, 7) is 0. The van der Waals surface area contributed by atoms with Gasteiger partial charge in [-0.1, -0.05) is 36.4 Å². The lowest BCUT2D eigenvalue weighted by atomic mass is 10.0. The fourth-order valence-electron chi connectivity index (χ4n) is 3.21. The highest BCUT2D eigenvalue weighted by molar-refractivity contribution is 8.04. The number of hydrogen-bond donors (Lipinski definition) is 0. The van der Waals surface area contributed by atoms with Crippen LogP contribution in [0.4, 0.5) is 0 Å². The molecule has 0 radical (unpaired) electrons. The molecule has 2 aromatic rings. The van der Waals surface area contributed by atoms with Crippen molar-refractivity contribution in [1.29, 1.82) is 0 Å². The molecular weight excluding hydrogens is 280 g/mol. The summed E-state index contributed by atoms with van der Waals surface area (Å²) in [4.78, 5) is 3.03. The minimum absolute atomic E-state index is 0.781. The maximum atomic E-state index is 2.30. The van der Waals surface area contributed by atoms with Crippen molar-refractivity contribution in [3.8, 4) is 0 Å². The number of aryl methyl sites for hydroxylation is 2. The molecule has 0 bridgehead atoms. The largest absolute Gasteiger partial charge is 0.121 e. The van der Waals surface area contributed by atoms with Gasteiger partial charge in [-0.2, -0.15) is 0 Å². The highest BCUT2D eigenvalue weighted by Gasteiger charge is 2.30. The minimum Gasteiger partial charge on any atom is -0.121 e. The smallest absolute Gasteiger partial charge is 0.0220 e. The minimum atomic E-state index is 0.781. The molecular formula is C18H18S2. The first kappa shape index (κ1) is 12.8. The monoisotopic (exact) mass is 298 g/mol. The van der Waals surface area contributed by atoms with Crippen LogP contribution in [-0.2, 0) is 12.8 Å². The van der Waals surface area contributed by atoms with E-state index in [1.165, 1.54) is 35.5 Å². The summed E-state index contributed by atoms with van der Waals surface area (Å²) in [6, 6.07) is 17.9. The lowest BCUT2D eigenvalue weighted by Gasteiger charge is -2.33. The van der Waals surface area contributed by atoms with Crippen molar-refractivity contribution in [3.05, 3.63) is 59.7 Å². The third kappa shape index (κ3) is 2.40. The van der Waals surface area contributed by atoms with Gasteiger partial charge in [-0.15, -0.1) is 23.5 Å². The second-order valence-corrected chi connectivity index (χ2v) is 8.17. The third-order valence-electron chi connectivity index (χ3n) is 4.31. The van der Waals surface area contributed by atoms with E-state index in [0.717, 1.165) is 10.5 Å². The molecule has 0 saturated heterocycles. The number of benzene rings is 2. The molecule has 0 fully saturated rings. The quantitative estimate of drug-likeness (QED) is 0.709. The average molecular weight is 298 g/mol. The Morgan fingerprint density at radius 2 is 1.10 bits per heavy atom. The summed E-state index contributed by atoms with van der Waals surface area (Å²) in [5, 5.41) is 1.56. The van der Waals surface area contributed by atoms with Gasteiger partial charge in [-0.05, 0) is 48.9 Å². The Balaban J connectivity index is 1.53. The second kappa shape index (κ2) is 5.50. The molecule has 2 heteroatoms. The van der Waals surface area contributed by atoms with Gasteiger partial charge in [0, 0.05) is 20.3 Å². The zero-order chi connectivity index (χ0) is 13.4. The standard InChI is InChI=1S/C18H18S2/c1-3-7-15-13(5-1)9-11-17(19-15)18-12-10-14-6-2-4-8-16(14)20-18/h1-8,17-18H,9-12H2. The van der Waals surface area contributed by atoms with E-state index in [2.05, 4.69) is 72.1 Å². The molecule has 2 unspecified atom stereocenters. The van der Waals surface area contributed by atoms with Crippen molar-refractivity contribution in [1.82, 2.24) is 0 Å². The first-order valence-electron chi connectivity index (χ1n) is 7.39. The van der Waals surface area contributed by atoms with Crippen molar-refractivity contribution in [2.45, 2.75) is 46.0 Å². The molecule has 4 rings (SSSR count). The summed E-state index contributed by atoms with van der Waals surface area (Å²) in [6.07, 6.45) is 5.18. The molecule has 20 heavy (non-hydrogen) atoms. The average Bonchev–Trinajstić information content (AvgIpc) is 2.54. The molecule has 2 aliphatic rings. The van der Waals surface area contributed by atoms with Crippen molar-refractivity contribution >= 4 is 23.5 Å². The Bertz CT molecular complexity index is 565. The third-order valence-corrected chi connectivity index (χ3v) is 7.52. The van der Waals surface area contributed by atoms with Crippen LogP contribution < -0.4 is 0 Å². The summed E-state index contributed by atoms with van der Waals surface area (Å²) >= 11 is 4.23. The first-order valence-corrected chi connectivity index (χ1v) is 9.15. The molecule has 0 spiro atoms. The van der Waals surface area contributed by atoms with E-state index in [-0.39, 0.29) is 0 Å². The summed E-state index contributed by atoms with van der Waals surface area (Å²) in [5.74, 6) is 0. The number of rotatable bonds is 1. The summed E-state index contributed by atoms with van der Waals surface area (Å²) in [5.41, 5.74) is 3.10. The highest BCUT2D eigenvalue weighted by Crippen LogP contribution is 2.45. The van der Waals surface area contributed by atoms with Crippen LogP contribution in [-0.4, -0.2) is 10.5 Å². The predicted octanol–water partition coefficient (Wildman–Crippen LogP) is 5.20. The molecule has 2 aromatic carbocycles. The van der Waals surface area contributed by atoms with Crippen LogP contribution >= 0.6 is 23.5 Å². The lowest BCUT2D eigenvalue weighted by Crippen LogP contribution is -2.26. The van der Waals surface area contributed by atoms with Gasteiger partial charge in [0.1, 0.15) is 0 Å². The number of hydrogen-bond acceptors (Lipinski definition) is 2. The Labute approximate surface area is 129 Å². The molecule has 0 saturated carbocycles. The fraction of sp³-hybridized carbons (Fsp3) is 0.333. The van der Waals surface area contributed by atoms with Crippen LogP contribution in [0.25, 0.3) is 0 Å². The van der Waals surface area contributed by atoms with Gasteiger partial charge in [0.2, 0.25) is 0 Å². The van der Waals surface area contributed by atoms with Crippen LogP contribution in [0.1, 0.15) is 24.0 Å². The van der Waals surface area contributed by atoms with Gasteiger partial charge in [-0.25, -0.2) is 0 Å². The predicted molar refractivity (Wildman–Crippen MR) is 88.8 cm³/mol. The zero-order valence-corrected chi connectivity index (χ0v) is 13.1. The van der Waals surface area contributed by atoms with Gasteiger partial charge >= 0.3 is 0 Å². The first-order chi connectivity index (χ1) is 9.90. The van der Waals surface area contributed by atoms with Gasteiger partial charge in [-0.3, -0.25) is 0 Å². The molecule has 0 amide bonds. The van der Waals surface area contributed by atoms with Crippen molar-refractivity contribution in [2.24, 2.45) is 0 Å². The van der Waals surface area contributed by atoms with Crippen molar-refractivity contribution < 1.29 is 0 Å². The van der Waals surface area contributed by atoms with Gasteiger partial charge in [0.15, 0.2) is 0 Å². The van der Waals surface area contributed by atoms with Gasteiger partial charge in [0.25, 0.3) is 0 Å². The van der Waals surface area contributed by atoms with Crippen LogP contribution in [0.3, 0.4) is 0 Å². The molecule has 0 aromatic heterocycles. The normalized spacial score (nSPS) is 24.8. The van der Waals surface area contributed by atoms with Gasteiger partial charge < -0.3 is 0 Å². The van der Waals surface area contributed by atoms with Crippen molar-refractivity contribution in [3.63, 3.8) is 0 Å². The SMILES string of the molecule is c1ccc2c(c1)CCC(C1CCc3ccccc3S1)S2. The Morgan fingerprint density at radius 1 is 0.650 bits per heavy atom. The summed E-state index contributed by atoms with van der Waals surface area (Å²) < 4.78 is 0. The Morgan fingerprint density at radius 3 is 1.60 bits per heavy atom. The van der Waals surface area contributed by atoms with Crippen LogP contribution in [0.15, 0.2) is 58.3 Å². The Hall–Kier alpha value is -0.860. The van der Waals surface area contributed by atoms with E-state index in [4.69, 9.17) is 0 Å². The number of fused-ring (bicyclic) bond motifs is 2. The molecule has 0 N–H and O–H groups in total. The van der Waals surface area contributed by atoms with E-state index >= 15 is 0 Å². The van der Waals surface area contributed by atoms with E-state index in [1.54, 1.807) is 11.1 Å². The lowest BCUT2D eigenvalue weighted by molar-refractivity contribution is 0.646. The molecule has 0 nitrogen and oxygen atoms in total. The molecule has 2 atom stereocenters. The molecule has 2 aliphatic heterocycles. The zero-order valence-electron chi connectivity index (χ0n) is 11.4. The van der Waals surface area contributed by atoms with Crippen LogP contribution in [0.2, 0.25) is 0 Å². The van der Waals surface area contributed by atoms with Crippen molar-refractivity contribution in [2.75, 3.05) is 0 Å². The molecule has 102 valence electrons. The Kier molecular flexibility index (Phi) is 3.53. The van der Waals surface area contributed by atoms with Crippen LogP contribution in [0.5, 0.6) is 0 Å². The molecule has 0 aliphatic carbocycles. The van der Waals surface area contributed by atoms with Crippen LogP contribution in [0, 0.1) is 0 Å².